The number of Topliss-reactive ketones (excluding diaryl/α,β-unsaturated/α-hetero) is 1. The fraction of sp³-hybridized carbons (Fsp3) is 0.357. The van der Waals surface area contributed by atoms with Gasteiger partial charge in [-0.1, -0.05) is 24.3 Å². The Morgan fingerprint density at radius 2 is 1.70 bits per heavy atom. The highest BCUT2D eigenvalue weighted by Gasteiger charge is 2.22. The van der Waals surface area contributed by atoms with Crippen LogP contribution in [0.3, 0.4) is 0 Å². The van der Waals surface area contributed by atoms with Gasteiger partial charge in [-0.2, -0.15) is 0 Å². The van der Waals surface area contributed by atoms with E-state index in [1.165, 1.54) is 6.92 Å². The number of hydrogen-bond acceptors (Lipinski definition) is 4. The predicted molar refractivity (Wildman–Crippen MR) is 72.9 cm³/mol. The summed E-state index contributed by atoms with van der Waals surface area (Å²) in [6, 6.07) is 7.41. The van der Waals surface area contributed by atoms with Crippen LogP contribution in [0.2, 0.25) is 0 Å². The third-order valence-corrected chi connectivity index (χ3v) is 2.66. The highest BCUT2D eigenvalue weighted by atomic mass is 16.4. The van der Waals surface area contributed by atoms with Gasteiger partial charge in [0.15, 0.2) is 0 Å². The molecule has 0 fully saturated rings. The lowest BCUT2D eigenvalue weighted by molar-refractivity contribution is -0.156. The van der Waals surface area contributed by atoms with Crippen LogP contribution < -0.4 is 5.32 Å². The van der Waals surface area contributed by atoms with E-state index >= 15 is 0 Å². The Labute approximate surface area is 117 Å². The topological polar surface area (TPSA) is 86.7 Å². The summed E-state index contributed by atoms with van der Waals surface area (Å²) in [6.45, 7) is 1.94. The van der Waals surface area contributed by atoms with Gasteiger partial charge in [0.25, 0.3) is 0 Å². The first kappa shape index (κ1) is 15.8. The number of nitrogens with one attached hydrogen (secondary N) is 1. The molecule has 0 saturated carbocycles. The zero-order chi connectivity index (χ0) is 15.1. The van der Waals surface area contributed by atoms with Crippen molar-refractivity contribution in [1.82, 2.24) is 10.2 Å². The van der Waals surface area contributed by atoms with E-state index < -0.39 is 11.9 Å². The van der Waals surface area contributed by atoms with E-state index in [9.17, 15) is 14.4 Å². The Morgan fingerprint density at radius 1 is 1.15 bits per heavy atom. The van der Waals surface area contributed by atoms with Crippen molar-refractivity contribution in [2.24, 2.45) is 0 Å². The molecule has 0 aliphatic carbocycles. The van der Waals surface area contributed by atoms with Crippen LogP contribution in [0.5, 0.6) is 0 Å². The van der Waals surface area contributed by atoms with Gasteiger partial charge >= 0.3 is 11.9 Å². The molecule has 1 rings (SSSR count). The van der Waals surface area contributed by atoms with Crippen LogP contribution in [-0.4, -0.2) is 41.3 Å². The fourth-order valence-electron chi connectivity index (χ4n) is 1.79. The minimum absolute atomic E-state index is 0.102. The number of carbonyl (C=O) groups excluding carboxylic acids is 2. The van der Waals surface area contributed by atoms with Gasteiger partial charge in [-0.05, 0) is 25.1 Å². The van der Waals surface area contributed by atoms with Gasteiger partial charge in [0.1, 0.15) is 5.78 Å². The Morgan fingerprint density at radius 3 is 2.15 bits per heavy atom. The maximum atomic E-state index is 11.5. The molecule has 2 N–H and O–H groups in total. The van der Waals surface area contributed by atoms with Crippen molar-refractivity contribution in [3.8, 4) is 0 Å². The van der Waals surface area contributed by atoms with E-state index in [2.05, 4.69) is 5.32 Å². The largest absolute Gasteiger partial charge is 0.474 e. The van der Waals surface area contributed by atoms with Crippen LogP contribution in [-0.2, 0) is 27.5 Å². The molecule has 0 heterocycles. The molecule has 0 radical (unpaired) electrons. The van der Waals surface area contributed by atoms with Crippen molar-refractivity contribution in [3.05, 3.63) is 35.4 Å². The first-order valence-corrected chi connectivity index (χ1v) is 6.18. The van der Waals surface area contributed by atoms with Crippen LogP contribution in [0.4, 0.5) is 0 Å². The van der Waals surface area contributed by atoms with Crippen molar-refractivity contribution >= 4 is 17.7 Å². The number of ketones is 1. The van der Waals surface area contributed by atoms with Crippen LogP contribution >= 0.6 is 0 Å². The normalized spacial score (nSPS) is 10.1. The van der Waals surface area contributed by atoms with Gasteiger partial charge in [-0.25, -0.2) is 4.79 Å². The van der Waals surface area contributed by atoms with Gasteiger partial charge in [0.05, 0.1) is 6.54 Å². The lowest BCUT2D eigenvalue weighted by atomic mass is 10.1. The van der Waals surface area contributed by atoms with Gasteiger partial charge in [-0.15, -0.1) is 0 Å². The summed E-state index contributed by atoms with van der Waals surface area (Å²) in [5, 5.41) is 11.8. The summed E-state index contributed by atoms with van der Waals surface area (Å²) in [5.41, 5.74) is 1.86. The highest BCUT2D eigenvalue weighted by Crippen LogP contribution is 2.08. The number of benzene rings is 1. The zero-order valence-corrected chi connectivity index (χ0v) is 11.5. The summed E-state index contributed by atoms with van der Waals surface area (Å²) in [4.78, 5) is 34.4. The Balaban J connectivity index is 2.80. The maximum absolute atomic E-state index is 11.5. The number of carboxylic acids is 1. The Bertz CT molecular complexity index is 496. The molecule has 0 bridgehead atoms. The van der Waals surface area contributed by atoms with E-state index in [0.717, 1.165) is 22.6 Å². The second kappa shape index (κ2) is 7.40. The number of aliphatic carboxylic acids is 1. The molecule has 0 saturated heterocycles. The van der Waals surface area contributed by atoms with Crippen molar-refractivity contribution < 1.29 is 19.5 Å². The summed E-state index contributed by atoms with van der Waals surface area (Å²) < 4.78 is 0. The summed E-state index contributed by atoms with van der Waals surface area (Å²) in [5.74, 6) is -2.89. The Kier molecular flexibility index (Phi) is 5.86. The lowest BCUT2D eigenvalue weighted by Gasteiger charge is -2.19. The SMILES string of the molecule is CNCc1ccc(CN(CC(C)=O)C(=O)C(=O)O)cc1. The third-order valence-electron chi connectivity index (χ3n) is 2.66. The second-order valence-corrected chi connectivity index (χ2v) is 4.52. The van der Waals surface area contributed by atoms with Crippen molar-refractivity contribution in [2.75, 3.05) is 13.6 Å². The van der Waals surface area contributed by atoms with Crippen molar-refractivity contribution in [2.45, 2.75) is 20.0 Å². The first-order valence-electron chi connectivity index (χ1n) is 6.18. The van der Waals surface area contributed by atoms with E-state index in [0.29, 0.717) is 0 Å². The van der Waals surface area contributed by atoms with Crippen LogP contribution in [0, 0.1) is 0 Å². The van der Waals surface area contributed by atoms with Crippen molar-refractivity contribution in [3.63, 3.8) is 0 Å². The number of amides is 1. The molecule has 1 aromatic rings. The molecule has 0 aromatic heterocycles. The molecule has 6 heteroatoms. The predicted octanol–water partition coefficient (Wildman–Crippen LogP) is 0.408. The van der Waals surface area contributed by atoms with Crippen LogP contribution in [0.25, 0.3) is 0 Å². The molecule has 0 spiro atoms. The standard InChI is InChI=1S/C14H18N2O4/c1-10(17)8-16(13(18)14(19)20)9-12-5-3-11(4-6-12)7-15-2/h3-6,15H,7-9H2,1-2H3,(H,19,20). The Hall–Kier alpha value is -2.21. The highest BCUT2D eigenvalue weighted by molar-refractivity contribution is 6.31. The number of nitrogens with zero attached hydrogens (tertiary/aromatic N) is 1. The average molecular weight is 278 g/mol. The molecule has 0 aliphatic rings. The average Bonchev–Trinajstić information content (AvgIpc) is 2.39. The van der Waals surface area contributed by atoms with Gasteiger partial charge in [0.2, 0.25) is 0 Å². The second-order valence-electron chi connectivity index (χ2n) is 4.52. The molecule has 6 nitrogen and oxygen atoms in total. The van der Waals surface area contributed by atoms with E-state index in [4.69, 9.17) is 5.11 Å². The van der Waals surface area contributed by atoms with Gasteiger partial charge < -0.3 is 15.3 Å². The van der Waals surface area contributed by atoms with Crippen molar-refractivity contribution in [1.29, 1.82) is 0 Å². The molecule has 0 aliphatic heterocycles. The number of hydrogen-bond donors (Lipinski definition) is 2. The molecular weight excluding hydrogens is 260 g/mol. The van der Waals surface area contributed by atoms with E-state index in [1.54, 1.807) is 0 Å². The summed E-state index contributed by atoms with van der Waals surface area (Å²) in [6.07, 6.45) is 0. The molecule has 0 unspecified atom stereocenters. The van der Waals surface area contributed by atoms with E-state index in [1.807, 2.05) is 31.3 Å². The minimum atomic E-state index is -1.56. The minimum Gasteiger partial charge on any atom is -0.474 e. The molecule has 20 heavy (non-hydrogen) atoms. The zero-order valence-electron chi connectivity index (χ0n) is 11.5. The van der Waals surface area contributed by atoms with Crippen LogP contribution in [0.15, 0.2) is 24.3 Å². The third kappa shape index (κ3) is 4.81. The molecule has 1 amide bonds. The van der Waals surface area contributed by atoms with Crippen LogP contribution in [0.1, 0.15) is 18.1 Å². The number of carboxylic acid groups (broad SMARTS) is 1. The monoisotopic (exact) mass is 278 g/mol. The van der Waals surface area contributed by atoms with Gasteiger partial charge in [0, 0.05) is 13.1 Å². The van der Waals surface area contributed by atoms with Gasteiger partial charge in [-0.3, -0.25) is 9.59 Å². The maximum Gasteiger partial charge on any atom is 0.394 e. The molecule has 1 aromatic carbocycles. The van der Waals surface area contributed by atoms with E-state index in [-0.39, 0.29) is 18.9 Å². The molecule has 0 atom stereocenters. The number of carbonyl (C=O) groups is 3. The lowest BCUT2D eigenvalue weighted by Crippen LogP contribution is -2.38. The molecule has 108 valence electrons. The summed E-state index contributed by atoms with van der Waals surface area (Å²) >= 11 is 0. The first-order chi connectivity index (χ1) is 9.43. The fourth-order valence-corrected chi connectivity index (χ4v) is 1.79. The molecular formula is C14H18N2O4. The number of rotatable bonds is 6. The summed E-state index contributed by atoms with van der Waals surface area (Å²) in [7, 11) is 1.84. The smallest absolute Gasteiger partial charge is 0.394 e. The quantitative estimate of drug-likeness (QED) is 0.736.